The number of likely N-dealkylation sites (tertiary alicyclic amines) is 1. The highest BCUT2D eigenvalue weighted by molar-refractivity contribution is 5.92. The second kappa shape index (κ2) is 8.69. The number of nitrogens with one attached hydrogen (secondary N) is 1. The number of hydrogen-bond acceptors (Lipinski definition) is 3. The molecule has 3 aliphatic heterocycles. The lowest BCUT2D eigenvalue weighted by Crippen LogP contribution is -2.66. The van der Waals surface area contributed by atoms with E-state index in [-0.39, 0.29) is 11.9 Å². The highest BCUT2D eigenvalue weighted by Gasteiger charge is 2.67. The Morgan fingerprint density at radius 1 is 1.19 bits per heavy atom. The Morgan fingerprint density at radius 3 is 2.71 bits per heavy atom. The second-order valence-electron chi connectivity index (χ2n) is 11.1. The van der Waals surface area contributed by atoms with Crippen molar-refractivity contribution in [1.82, 2.24) is 10.2 Å². The van der Waals surface area contributed by atoms with Gasteiger partial charge in [0.25, 0.3) is 0 Å². The van der Waals surface area contributed by atoms with Gasteiger partial charge < -0.3 is 5.32 Å². The Labute approximate surface area is 187 Å². The minimum atomic E-state index is -0.572. The number of hydrogen-bond donors (Lipinski definition) is 1. The third-order valence-corrected chi connectivity index (χ3v) is 8.50. The van der Waals surface area contributed by atoms with Gasteiger partial charge in [0.2, 0.25) is 5.91 Å². The van der Waals surface area contributed by atoms with Crippen molar-refractivity contribution < 1.29 is 4.79 Å². The fourth-order valence-corrected chi connectivity index (χ4v) is 7.28. The normalized spacial score (nSPS) is 35.1. The first-order valence-corrected chi connectivity index (χ1v) is 12.7. The molecule has 1 N–H and O–H groups in total. The van der Waals surface area contributed by atoms with Crippen LogP contribution in [0.2, 0.25) is 0 Å². The Balaban J connectivity index is 1.41. The minimum absolute atomic E-state index is 0.167. The van der Waals surface area contributed by atoms with Gasteiger partial charge in [0.05, 0.1) is 0 Å². The van der Waals surface area contributed by atoms with E-state index in [0.717, 1.165) is 31.0 Å². The average molecular weight is 422 g/mol. The highest BCUT2D eigenvalue weighted by atomic mass is 16.2. The van der Waals surface area contributed by atoms with Crippen molar-refractivity contribution in [3.63, 3.8) is 0 Å². The summed E-state index contributed by atoms with van der Waals surface area (Å²) in [6.07, 6.45) is 11.6. The molecule has 0 aromatic heterocycles. The summed E-state index contributed by atoms with van der Waals surface area (Å²) < 4.78 is 0. The van der Waals surface area contributed by atoms with Crippen LogP contribution < -0.4 is 5.32 Å². The lowest BCUT2D eigenvalue weighted by atomic mass is 9.58. The summed E-state index contributed by atoms with van der Waals surface area (Å²) in [5, 5.41) is 3.30. The second-order valence-corrected chi connectivity index (χ2v) is 11.1. The van der Waals surface area contributed by atoms with Crippen molar-refractivity contribution in [3.8, 4) is 0 Å². The smallest absolute Gasteiger partial charge is 0.250 e. The van der Waals surface area contributed by atoms with E-state index in [2.05, 4.69) is 42.4 Å². The van der Waals surface area contributed by atoms with Gasteiger partial charge in [0.15, 0.2) is 5.54 Å². The number of rotatable bonds is 7. The van der Waals surface area contributed by atoms with Crippen LogP contribution in [0.15, 0.2) is 35.3 Å². The molecule has 1 aromatic carbocycles. The van der Waals surface area contributed by atoms with E-state index in [4.69, 9.17) is 4.99 Å². The van der Waals surface area contributed by atoms with Gasteiger partial charge in [-0.15, -0.1) is 0 Å². The molecule has 4 bridgehead atoms. The van der Waals surface area contributed by atoms with Crippen LogP contribution in [-0.4, -0.2) is 41.7 Å². The first kappa shape index (κ1) is 21.2. The first-order chi connectivity index (χ1) is 15.1. The van der Waals surface area contributed by atoms with E-state index in [9.17, 15) is 4.79 Å². The SMILES string of the molecule is CC(C)CN1C[C@@H]2C[C@H]3C=N[C@]2(C(=O)NCc2ccccc2)[C@@H]1[C@@H]3CC1CCCCC1. The summed E-state index contributed by atoms with van der Waals surface area (Å²) in [7, 11) is 0. The van der Waals surface area contributed by atoms with Crippen LogP contribution in [0.4, 0.5) is 0 Å². The first-order valence-electron chi connectivity index (χ1n) is 12.7. The zero-order chi connectivity index (χ0) is 21.4. The average Bonchev–Trinajstić information content (AvgIpc) is 3.04. The maximum Gasteiger partial charge on any atom is 0.250 e. The molecule has 5 atom stereocenters. The van der Waals surface area contributed by atoms with Gasteiger partial charge in [-0.1, -0.05) is 76.3 Å². The molecular weight excluding hydrogens is 382 g/mol. The molecule has 3 fully saturated rings. The molecule has 0 unspecified atom stereocenters. The topological polar surface area (TPSA) is 44.7 Å². The molecule has 31 heavy (non-hydrogen) atoms. The lowest BCUT2D eigenvalue weighted by Gasteiger charge is -2.52. The molecule has 1 amide bonds. The summed E-state index contributed by atoms with van der Waals surface area (Å²) in [6.45, 7) is 7.33. The Morgan fingerprint density at radius 2 is 1.97 bits per heavy atom. The molecule has 0 radical (unpaired) electrons. The van der Waals surface area contributed by atoms with E-state index in [1.165, 1.54) is 38.5 Å². The molecule has 4 heteroatoms. The Bertz CT molecular complexity index is 800. The zero-order valence-electron chi connectivity index (χ0n) is 19.3. The predicted molar refractivity (Wildman–Crippen MR) is 126 cm³/mol. The van der Waals surface area contributed by atoms with E-state index in [1.54, 1.807) is 0 Å². The predicted octanol–water partition coefficient (Wildman–Crippen LogP) is 4.69. The number of carbonyl (C=O) groups is 1. The summed E-state index contributed by atoms with van der Waals surface area (Å²) >= 11 is 0. The molecular formula is C27H39N3O. The number of carbonyl (C=O) groups excluding carboxylic acids is 1. The van der Waals surface area contributed by atoms with Crippen molar-refractivity contribution >= 4 is 12.1 Å². The summed E-state index contributed by atoms with van der Waals surface area (Å²) in [5.74, 6) is 3.14. The van der Waals surface area contributed by atoms with Crippen molar-refractivity contribution in [2.24, 2.45) is 34.6 Å². The monoisotopic (exact) mass is 421 g/mol. The fraction of sp³-hybridized carbons (Fsp3) is 0.704. The highest BCUT2D eigenvalue weighted by Crippen LogP contribution is 2.55. The van der Waals surface area contributed by atoms with Gasteiger partial charge in [0.1, 0.15) is 0 Å². The van der Waals surface area contributed by atoms with E-state index in [1.807, 2.05) is 18.2 Å². The maximum absolute atomic E-state index is 13.8. The van der Waals surface area contributed by atoms with Gasteiger partial charge in [-0.2, -0.15) is 0 Å². The van der Waals surface area contributed by atoms with E-state index < -0.39 is 5.54 Å². The van der Waals surface area contributed by atoms with Crippen LogP contribution in [0.25, 0.3) is 0 Å². The third-order valence-electron chi connectivity index (χ3n) is 8.50. The molecule has 1 saturated heterocycles. The molecule has 6 rings (SSSR count). The number of amides is 1. The van der Waals surface area contributed by atoms with Crippen LogP contribution >= 0.6 is 0 Å². The Hall–Kier alpha value is -1.68. The van der Waals surface area contributed by atoms with Crippen LogP contribution in [-0.2, 0) is 11.3 Å². The van der Waals surface area contributed by atoms with E-state index >= 15 is 0 Å². The lowest BCUT2D eigenvalue weighted by molar-refractivity contribution is -0.132. The molecule has 2 saturated carbocycles. The van der Waals surface area contributed by atoms with Gasteiger partial charge >= 0.3 is 0 Å². The molecule has 4 nitrogen and oxygen atoms in total. The van der Waals surface area contributed by atoms with Crippen LogP contribution in [0.3, 0.4) is 0 Å². The Kier molecular flexibility index (Phi) is 5.94. The fourth-order valence-electron chi connectivity index (χ4n) is 7.28. The molecule has 0 spiro atoms. The largest absolute Gasteiger partial charge is 0.350 e. The van der Waals surface area contributed by atoms with E-state index in [0.29, 0.717) is 30.2 Å². The van der Waals surface area contributed by atoms with Gasteiger partial charge in [-0.25, -0.2) is 0 Å². The quantitative estimate of drug-likeness (QED) is 0.694. The maximum atomic E-state index is 13.8. The van der Waals surface area contributed by atoms with Crippen molar-refractivity contribution in [2.75, 3.05) is 13.1 Å². The number of nitrogens with zero attached hydrogens (tertiary/aromatic N) is 2. The number of aliphatic imine (C=N–C) groups is 1. The van der Waals surface area contributed by atoms with Crippen molar-refractivity contribution in [1.29, 1.82) is 0 Å². The molecule has 3 heterocycles. The summed E-state index contributed by atoms with van der Waals surface area (Å²) in [6, 6.07) is 10.6. The molecule has 5 aliphatic rings. The minimum Gasteiger partial charge on any atom is -0.350 e. The third kappa shape index (κ3) is 3.86. The van der Waals surface area contributed by atoms with Crippen LogP contribution in [0.5, 0.6) is 0 Å². The van der Waals surface area contributed by atoms with Crippen molar-refractivity contribution in [3.05, 3.63) is 35.9 Å². The standard InChI is InChI=1S/C27H39N3O/c1-19(2)17-30-18-23-14-22-16-29-27(23,26(31)28-15-21-11-7-4-8-12-21)25(30)24(22)13-20-9-5-3-6-10-20/h4,7-8,11-12,16,19-20,22-25H,3,5-6,9-10,13-15,17-18H2,1-2H3,(H,28,31)/t22-,23-,24+,25-,27-/m0/s1. The zero-order valence-corrected chi connectivity index (χ0v) is 19.3. The van der Waals surface area contributed by atoms with Crippen LogP contribution in [0.1, 0.15) is 64.4 Å². The summed E-state index contributed by atoms with van der Waals surface area (Å²) in [5.41, 5.74) is 0.587. The molecule has 168 valence electrons. The van der Waals surface area contributed by atoms with Gasteiger partial charge in [-0.3, -0.25) is 14.7 Å². The van der Waals surface area contributed by atoms with Gasteiger partial charge in [0, 0.05) is 37.8 Å². The molecule has 1 aromatic rings. The van der Waals surface area contributed by atoms with Gasteiger partial charge in [-0.05, 0) is 42.1 Å². The summed E-state index contributed by atoms with van der Waals surface area (Å²) in [4.78, 5) is 21.6. The van der Waals surface area contributed by atoms with Crippen LogP contribution in [0, 0.1) is 29.6 Å². The number of benzene rings is 1. The van der Waals surface area contributed by atoms with Crippen molar-refractivity contribution in [2.45, 2.75) is 76.9 Å². The molecule has 2 aliphatic carbocycles.